The van der Waals surface area contributed by atoms with Gasteiger partial charge in [-0.15, -0.1) is 0 Å². The summed E-state index contributed by atoms with van der Waals surface area (Å²) in [5.74, 6) is 1.66. The molecule has 4 unspecified atom stereocenters. The molecule has 80 valence electrons. The molecule has 3 rings (SSSR count). The van der Waals surface area contributed by atoms with Crippen molar-refractivity contribution in [3.05, 3.63) is 0 Å². The molecule has 0 aromatic rings. The monoisotopic (exact) mass is 196 g/mol. The molecule has 0 bridgehead atoms. The van der Waals surface area contributed by atoms with Gasteiger partial charge in [-0.2, -0.15) is 0 Å². The summed E-state index contributed by atoms with van der Waals surface area (Å²) in [5, 5.41) is 10.7. The Morgan fingerprint density at radius 2 is 1.71 bits per heavy atom. The third kappa shape index (κ3) is 1.04. The van der Waals surface area contributed by atoms with Crippen LogP contribution in [0.3, 0.4) is 0 Å². The van der Waals surface area contributed by atoms with Crippen molar-refractivity contribution in [1.82, 2.24) is 0 Å². The minimum absolute atomic E-state index is 0.283. The van der Waals surface area contributed by atoms with Gasteiger partial charge in [0.15, 0.2) is 0 Å². The van der Waals surface area contributed by atoms with Crippen molar-refractivity contribution in [1.29, 1.82) is 0 Å². The van der Waals surface area contributed by atoms with Gasteiger partial charge in [-0.3, -0.25) is 0 Å². The molecule has 1 heterocycles. The first-order valence-corrected chi connectivity index (χ1v) is 6.08. The van der Waals surface area contributed by atoms with Gasteiger partial charge in [0.1, 0.15) is 0 Å². The van der Waals surface area contributed by atoms with E-state index < -0.39 is 0 Å². The first-order chi connectivity index (χ1) is 6.74. The van der Waals surface area contributed by atoms with E-state index in [0.29, 0.717) is 17.8 Å². The van der Waals surface area contributed by atoms with E-state index in [1.54, 1.807) is 0 Å². The molecule has 2 nitrogen and oxygen atoms in total. The third-order valence-electron chi connectivity index (χ3n) is 4.82. The van der Waals surface area contributed by atoms with Crippen molar-refractivity contribution in [2.75, 3.05) is 6.61 Å². The molecular formula is C12H20O2. The van der Waals surface area contributed by atoms with E-state index in [1.165, 1.54) is 25.7 Å². The summed E-state index contributed by atoms with van der Waals surface area (Å²) in [4.78, 5) is 0. The van der Waals surface area contributed by atoms with Gasteiger partial charge in [-0.25, -0.2) is 0 Å². The van der Waals surface area contributed by atoms with Crippen LogP contribution in [0, 0.1) is 17.8 Å². The van der Waals surface area contributed by atoms with Crippen LogP contribution in [0.2, 0.25) is 0 Å². The van der Waals surface area contributed by atoms with E-state index in [4.69, 9.17) is 4.74 Å². The molecule has 14 heavy (non-hydrogen) atoms. The molecule has 0 amide bonds. The standard InChI is InChI=1S/C12H20O2/c1-8-9(6-7-14-8)12(13)10-4-2-3-5-11(10)12/h8-11,13H,2-7H2,1H3. The Balaban J connectivity index is 1.78. The molecule has 1 saturated heterocycles. The fraction of sp³-hybridized carbons (Fsp3) is 1.00. The molecule has 1 N–H and O–H groups in total. The van der Waals surface area contributed by atoms with Crippen molar-refractivity contribution >= 4 is 0 Å². The van der Waals surface area contributed by atoms with Crippen molar-refractivity contribution in [2.24, 2.45) is 17.8 Å². The number of hydrogen-bond donors (Lipinski definition) is 1. The van der Waals surface area contributed by atoms with Gasteiger partial charge in [-0.05, 0) is 38.0 Å². The Kier molecular flexibility index (Phi) is 1.94. The lowest BCUT2D eigenvalue weighted by Crippen LogP contribution is -2.31. The average Bonchev–Trinajstić information content (AvgIpc) is 2.57. The van der Waals surface area contributed by atoms with Crippen LogP contribution in [0.5, 0.6) is 0 Å². The van der Waals surface area contributed by atoms with E-state index in [0.717, 1.165) is 13.0 Å². The molecule has 0 spiro atoms. The Morgan fingerprint density at radius 3 is 2.21 bits per heavy atom. The highest BCUT2D eigenvalue weighted by Crippen LogP contribution is 2.64. The maximum Gasteiger partial charge on any atom is 0.0764 e. The van der Waals surface area contributed by atoms with Crippen molar-refractivity contribution in [3.63, 3.8) is 0 Å². The zero-order chi connectivity index (χ0) is 9.76. The Morgan fingerprint density at radius 1 is 1.07 bits per heavy atom. The van der Waals surface area contributed by atoms with E-state index >= 15 is 0 Å². The first kappa shape index (κ1) is 9.17. The van der Waals surface area contributed by atoms with Crippen LogP contribution >= 0.6 is 0 Å². The van der Waals surface area contributed by atoms with E-state index in [-0.39, 0.29) is 11.7 Å². The van der Waals surface area contributed by atoms with Gasteiger partial charge < -0.3 is 9.84 Å². The van der Waals surface area contributed by atoms with Crippen molar-refractivity contribution in [2.45, 2.75) is 50.7 Å². The van der Waals surface area contributed by atoms with Crippen LogP contribution in [0.1, 0.15) is 39.0 Å². The number of hydrogen-bond acceptors (Lipinski definition) is 2. The van der Waals surface area contributed by atoms with Crippen molar-refractivity contribution < 1.29 is 9.84 Å². The van der Waals surface area contributed by atoms with Crippen LogP contribution in [0.4, 0.5) is 0 Å². The largest absolute Gasteiger partial charge is 0.389 e. The topological polar surface area (TPSA) is 29.5 Å². The second kappa shape index (κ2) is 2.96. The SMILES string of the molecule is CC1OCCC1C1(O)C2CCCCC21. The third-order valence-corrected chi connectivity index (χ3v) is 4.82. The molecule has 2 saturated carbocycles. The molecule has 2 heteroatoms. The quantitative estimate of drug-likeness (QED) is 0.694. The average molecular weight is 196 g/mol. The maximum atomic E-state index is 10.7. The van der Waals surface area contributed by atoms with Gasteiger partial charge in [0.25, 0.3) is 0 Å². The Labute approximate surface area is 85.6 Å². The van der Waals surface area contributed by atoms with Crippen LogP contribution < -0.4 is 0 Å². The highest BCUT2D eigenvalue weighted by atomic mass is 16.5. The summed E-state index contributed by atoms with van der Waals surface area (Å²) in [5.41, 5.74) is -0.327. The number of rotatable bonds is 1. The zero-order valence-electron chi connectivity index (χ0n) is 8.91. The first-order valence-electron chi connectivity index (χ1n) is 6.08. The predicted molar refractivity (Wildman–Crippen MR) is 53.9 cm³/mol. The fourth-order valence-electron chi connectivity index (χ4n) is 4.03. The molecule has 4 atom stereocenters. The number of ether oxygens (including phenoxy) is 1. The lowest BCUT2D eigenvalue weighted by Gasteiger charge is -2.22. The second-order valence-corrected chi connectivity index (χ2v) is 5.36. The minimum atomic E-state index is -0.327. The second-order valence-electron chi connectivity index (χ2n) is 5.36. The van der Waals surface area contributed by atoms with Crippen LogP contribution in [-0.4, -0.2) is 23.4 Å². The smallest absolute Gasteiger partial charge is 0.0764 e. The molecule has 0 aromatic heterocycles. The van der Waals surface area contributed by atoms with Gasteiger partial charge in [0.2, 0.25) is 0 Å². The molecule has 3 aliphatic rings. The summed E-state index contributed by atoms with van der Waals surface area (Å²) < 4.78 is 5.58. The summed E-state index contributed by atoms with van der Waals surface area (Å²) in [6.45, 7) is 2.98. The van der Waals surface area contributed by atoms with Crippen LogP contribution in [0.15, 0.2) is 0 Å². The predicted octanol–water partition coefficient (Wildman–Crippen LogP) is 1.96. The lowest BCUT2D eigenvalue weighted by molar-refractivity contribution is 0.00993. The van der Waals surface area contributed by atoms with Crippen LogP contribution in [0.25, 0.3) is 0 Å². The highest BCUT2D eigenvalue weighted by Gasteiger charge is 2.68. The fourth-order valence-corrected chi connectivity index (χ4v) is 4.03. The molecule has 3 fully saturated rings. The number of aliphatic hydroxyl groups is 1. The molecular weight excluding hydrogens is 176 g/mol. The van der Waals surface area contributed by atoms with E-state index in [1.807, 2.05) is 0 Å². The van der Waals surface area contributed by atoms with Gasteiger partial charge in [-0.1, -0.05) is 12.8 Å². The van der Waals surface area contributed by atoms with Crippen LogP contribution in [-0.2, 0) is 4.74 Å². The minimum Gasteiger partial charge on any atom is -0.389 e. The zero-order valence-corrected chi connectivity index (χ0v) is 8.91. The van der Waals surface area contributed by atoms with E-state index in [9.17, 15) is 5.11 Å². The van der Waals surface area contributed by atoms with Gasteiger partial charge in [0.05, 0.1) is 11.7 Å². The number of fused-ring (bicyclic) bond motifs is 1. The molecule has 2 aliphatic carbocycles. The maximum absolute atomic E-state index is 10.7. The molecule has 0 aromatic carbocycles. The summed E-state index contributed by atoms with van der Waals surface area (Å²) in [6, 6.07) is 0. The summed E-state index contributed by atoms with van der Waals surface area (Å²) >= 11 is 0. The molecule has 0 radical (unpaired) electrons. The Hall–Kier alpha value is -0.0800. The van der Waals surface area contributed by atoms with E-state index in [2.05, 4.69) is 6.92 Å². The Bertz CT molecular complexity index is 226. The van der Waals surface area contributed by atoms with Gasteiger partial charge >= 0.3 is 0 Å². The summed E-state index contributed by atoms with van der Waals surface area (Å²) in [6.07, 6.45) is 6.52. The van der Waals surface area contributed by atoms with Gasteiger partial charge in [0, 0.05) is 12.5 Å². The highest BCUT2D eigenvalue weighted by molar-refractivity contribution is 5.17. The lowest BCUT2D eigenvalue weighted by atomic mass is 9.90. The normalized spacial score (nSPS) is 57.0. The van der Waals surface area contributed by atoms with Crippen molar-refractivity contribution in [3.8, 4) is 0 Å². The summed E-state index contributed by atoms with van der Waals surface area (Å²) in [7, 11) is 0. The molecule has 1 aliphatic heterocycles.